The molecule has 0 heterocycles. The summed E-state index contributed by atoms with van der Waals surface area (Å²) >= 11 is 0. The van der Waals surface area contributed by atoms with Crippen LogP contribution in [0.5, 0.6) is 5.75 Å². The van der Waals surface area contributed by atoms with Crippen molar-refractivity contribution >= 4 is 11.9 Å². The minimum atomic E-state index is -1.82. The van der Waals surface area contributed by atoms with Crippen molar-refractivity contribution in [3.8, 4) is 5.75 Å². The van der Waals surface area contributed by atoms with Gasteiger partial charge in [-0.15, -0.1) is 0 Å². The predicted octanol–water partition coefficient (Wildman–Crippen LogP) is 2.71. The second kappa shape index (κ2) is 10.8. The Labute approximate surface area is 144 Å². The van der Waals surface area contributed by atoms with Gasteiger partial charge in [-0.2, -0.15) is 0 Å². The molecule has 0 aromatic heterocycles. The van der Waals surface area contributed by atoms with E-state index in [1.807, 2.05) is 37.4 Å². The number of para-hydroxylation sites is 1. The van der Waals surface area contributed by atoms with Crippen molar-refractivity contribution in [3.05, 3.63) is 66.0 Å². The molecule has 25 heavy (non-hydrogen) atoms. The predicted molar refractivity (Wildman–Crippen MR) is 90.0 cm³/mol. The standard InChI is InChI=1S/C16H18FNO.C2H2O4/c1-18-12-11-15(13-7-3-2-4-8-13)19-16-10-6-5-9-14(16)17;3-1(4)2(5)6/h2-10,15,18H,11-12H2,1H3;(H,3,4)(H,5,6). The average molecular weight is 349 g/mol. The van der Waals surface area contributed by atoms with Crippen molar-refractivity contribution in [2.75, 3.05) is 13.6 Å². The number of halogens is 1. The topological polar surface area (TPSA) is 95.9 Å². The van der Waals surface area contributed by atoms with E-state index in [1.54, 1.807) is 18.2 Å². The van der Waals surface area contributed by atoms with Gasteiger partial charge in [-0.25, -0.2) is 14.0 Å². The van der Waals surface area contributed by atoms with Gasteiger partial charge >= 0.3 is 11.9 Å². The number of rotatable bonds is 6. The first kappa shape index (κ1) is 20.1. The molecule has 0 spiro atoms. The minimum Gasteiger partial charge on any atom is -0.483 e. The van der Waals surface area contributed by atoms with Crippen molar-refractivity contribution < 1.29 is 28.9 Å². The average Bonchev–Trinajstić information content (AvgIpc) is 2.61. The molecular formula is C18H20FNO5. The first-order chi connectivity index (χ1) is 12.0. The van der Waals surface area contributed by atoms with E-state index in [9.17, 15) is 4.39 Å². The van der Waals surface area contributed by atoms with E-state index >= 15 is 0 Å². The second-order valence-electron chi connectivity index (χ2n) is 4.95. The Bertz CT molecular complexity index is 666. The molecule has 0 aliphatic rings. The smallest absolute Gasteiger partial charge is 0.414 e. The molecule has 2 rings (SSSR count). The van der Waals surface area contributed by atoms with E-state index in [2.05, 4.69) is 5.32 Å². The molecule has 0 fully saturated rings. The summed E-state index contributed by atoms with van der Waals surface area (Å²) in [4.78, 5) is 18.2. The van der Waals surface area contributed by atoms with Crippen LogP contribution in [-0.4, -0.2) is 35.7 Å². The van der Waals surface area contributed by atoms with Crippen LogP contribution >= 0.6 is 0 Å². The zero-order valence-corrected chi connectivity index (χ0v) is 13.7. The molecule has 1 atom stereocenters. The first-order valence-corrected chi connectivity index (χ1v) is 7.52. The fourth-order valence-electron chi connectivity index (χ4n) is 1.93. The van der Waals surface area contributed by atoms with Crippen molar-refractivity contribution in [1.29, 1.82) is 0 Å². The van der Waals surface area contributed by atoms with Gasteiger partial charge in [0.25, 0.3) is 0 Å². The van der Waals surface area contributed by atoms with Gasteiger partial charge in [0.05, 0.1) is 0 Å². The quantitative estimate of drug-likeness (QED) is 0.694. The van der Waals surface area contributed by atoms with Crippen molar-refractivity contribution in [2.24, 2.45) is 0 Å². The highest BCUT2D eigenvalue weighted by atomic mass is 19.1. The summed E-state index contributed by atoms with van der Waals surface area (Å²) in [5.41, 5.74) is 1.06. The molecule has 0 amide bonds. The zero-order valence-electron chi connectivity index (χ0n) is 13.7. The normalized spacial score (nSPS) is 11.0. The number of hydrogen-bond acceptors (Lipinski definition) is 4. The van der Waals surface area contributed by atoms with Gasteiger partial charge in [0.15, 0.2) is 11.6 Å². The lowest BCUT2D eigenvalue weighted by Gasteiger charge is -2.20. The molecule has 0 bridgehead atoms. The van der Waals surface area contributed by atoms with E-state index in [0.717, 1.165) is 18.5 Å². The van der Waals surface area contributed by atoms with E-state index in [0.29, 0.717) is 5.75 Å². The molecule has 0 radical (unpaired) electrons. The van der Waals surface area contributed by atoms with Crippen LogP contribution in [0.25, 0.3) is 0 Å². The molecule has 0 aliphatic heterocycles. The largest absolute Gasteiger partial charge is 0.483 e. The number of nitrogens with one attached hydrogen (secondary N) is 1. The number of benzene rings is 2. The molecule has 0 saturated carbocycles. The summed E-state index contributed by atoms with van der Waals surface area (Å²) in [5.74, 6) is -3.68. The monoisotopic (exact) mass is 349 g/mol. The van der Waals surface area contributed by atoms with Crippen LogP contribution in [0, 0.1) is 5.82 Å². The third kappa shape index (κ3) is 7.45. The molecule has 7 heteroatoms. The van der Waals surface area contributed by atoms with Crippen LogP contribution in [0.15, 0.2) is 54.6 Å². The van der Waals surface area contributed by atoms with Crippen LogP contribution in [-0.2, 0) is 9.59 Å². The van der Waals surface area contributed by atoms with Crippen LogP contribution in [0.3, 0.4) is 0 Å². The van der Waals surface area contributed by atoms with Crippen LogP contribution in [0.2, 0.25) is 0 Å². The van der Waals surface area contributed by atoms with Gasteiger partial charge in [0.2, 0.25) is 0 Å². The summed E-state index contributed by atoms with van der Waals surface area (Å²) in [7, 11) is 1.89. The lowest BCUT2D eigenvalue weighted by Crippen LogP contribution is -2.16. The molecule has 3 N–H and O–H groups in total. The summed E-state index contributed by atoms with van der Waals surface area (Å²) < 4.78 is 19.5. The molecule has 2 aromatic rings. The molecule has 0 aliphatic carbocycles. The summed E-state index contributed by atoms with van der Waals surface area (Å²) in [6.07, 6.45) is 0.639. The third-order valence-corrected chi connectivity index (χ3v) is 3.12. The number of carbonyl (C=O) groups is 2. The Kier molecular flexibility index (Phi) is 8.67. The van der Waals surface area contributed by atoms with Gasteiger partial charge in [0.1, 0.15) is 6.10 Å². The number of carboxylic acids is 2. The lowest BCUT2D eigenvalue weighted by atomic mass is 10.1. The van der Waals surface area contributed by atoms with E-state index < -0.39 is 11.9 Å². The van der Waals surface area contributed by atoms with Gasteiger partial charge in [-0.05, 0) is 31.3 Å². The molecular weight excluding hydrogens is 329 g/mol. The maximum atomic E-state index is 13.6. The summed E-state index contributed by atoms with van der Waals surface area (Å²) in [6.45, 7) is 0.814. The SMILES string of the molecule is CNCCC(Oc1ccccc1F)c1ccccc1.O=C(O)C(=O)O. The van der Waals surface area contributed by atoms with E-state index in [-0.39, 0.29) is 11.9 Å². The zero-order chi connectivity index (χ0) is 18.7. The van der Waals surface area contributed by atoms with Crippen molar-refractivity contribution in [2.45, 2.75) is 12.5 Å². The third-order valence-electron chi connectivity index (χ3n) is 3.12. The fraction of sp³-hybridized carbons (Fsp3) is 0.222. The van der Waals surface area contributed by atoms with Crippen LogP contribution < -0.4 is 10.1 Å². The molecule has 6 nitrogen and oxygen atoms in total. The van der Waals surface area contributed by atoms with Gasteiger partial charge in [0, 0.05) is 6.42 Å². The Morgan fingerprint density at radius 1 is 1.04 bits per heavy atom. The minimum absolute atomic E-state index is 0.148. The highest BCUT2D eigenvalue weighted by Gasteiger charge is 2.14. The number of ether oxygens (including phenoxy) is 1. The Balaban J connectivity index is 0.000000450. The summed E-state index contributed by atoms with van der Waals surface area (Å²) in [5, 5.41) is 17.9. The number of hydrogen-bond donors (Lipinski definition) is 3. The second-order valence-corrected chi connectivity index (χ2v) is 4.95. The molecule has 0 saturated heterocycles. The fourth-order valence-corrected chi connectivity index (χ4v) is 1.93. The van der Waals surface area contributed by atoms with Gasteiger partial charge in [-0.3, -0.25) is 0 Å². The number of aliphatic carboxylic acids is 2. The van der Waals surface area contributed by atoms with Gasteiger partial charge in [-0.1, -0.05) is 42.5 Å². The lowest BCUT2D eigenvalue weighted by molar-refractivity contribution is -0.159. The molecule has 2 aromatic carbocycles. The molecule has 134 valence electrons. The maximum Gasteiger partial charge on any atom is 0.414 e. The Hall–Kier alpha value is -2.93. The Morgan fingerprint density at radius 3 is 2.12 bits per heavy atom. The highest BCUT2D eigenvalue weighted by Crippen LogP contribution is 2.26. The maximum absolute atomic E-state index is 13.6. The van der Waals surface area contributed by atoms with Crippen LogP contribution in [0.1, 0.15) is 18.1 Å². The highest BCUT2D eigenvalue weighted by molar-refractivity contribution is 6.27. The Morgan fingerprint density at radius 2 is 1.60 bits per heavy atom. The van der Waals surface area contributed by atoms with Crippen LogP contribution in [0.4, 0.5) is 4.39 Å². The summed E-state index contributed by atoms with van der Waals surface area (Å²) in [6, 6.07) is 16.4. The van der Waals surface area contributed by atoms with Gasteiger partial charge < -0.3 is 20.3 Å². The number of carboxylic acid groups (broad SMARTS) is 2. The first-order valence-electron chi connectivity index (χ1n) is 7.52. The van der Waals surface area contributed by atoms with Crippen molar-refractivity contribution in [1.82, 2.24) is 5.32 Å². The van der Waals surface area contributed by atoms with E-state index in [1.165, 1.54) is 6.07 Å². The molecule has 1 unspecified atom stereocenters. The van der Waals surface area contributed by atoms with Crippen molar-refractivity contribution in [3.63, 3.8) is 0 Å². The van der Waals surface area contributed by atoms with E-state index in [4.69, 9.17) is 24.5 Å².